The Hall–Kier alpha value is -2.43. The third-order valence-electron chi connectivity index (χ3n) is 5.44. The monoisotopic (exact) mass is 305 g/mol. The molecular formula is C18H19N5. The van der Waals surface area contributed by atoms with E-state index in [0.29, 0.717) is 6.04 Å². The van der Waals surface area contributed by atoms with E-state index in [9.17, 15) is 0 Å². The predicted molar refractivity (Wildman–Crippen MR) is 90.0 cm³/mol. The molecule has 116 valence electrons. The van der Waals surface area contributed by atoms with Crippen molar-refractivity contribution in [1.29, 1.82) is 0 Å². The molecule has 2 N–H and O–H groups in total. The third kappa shape index (κ3) is 2.19. The average Bonchev–Trinajstić information content (AvgIpc) is 3.30. The Kier molecular flexibility index (Phi) is 2.86. The maximum absolute atomic E-state index is 4.74. The summed E-state index contributed by atoms with van der Waals surface area (Å²) in [5.41, 5.74) is 2.90. The second kappa shape index (κ2) is 5.05. The summed E-state index contributed by atoms with van der Waals surface area (Å²) < 4.78 is 0. The van der Waals surface area contributed by atoms with Crippen molar-refractivity contribution in [3.8, 4) is 11.3 Å². The van der Waals surface area contributed by atoms with Gasteiger partial charge in [-0.3, -0.25) is 0 Å². The molecule has 23 heavy (non-hydrogen) atoms. The van der Waals surface area contributed by atoms with Crippen molar-refractivity contribution < 1.29 is 0 Å². The van der Waals surface area contributed by atoms with E-state index in [1.54, 1.807) is 6.20 Å². The van der Waals surface area contributed by atoms with Crippen molar-refractivity contribution in [3.63, 3.8) is 0 Å². The number of aromatic amines is 1. The van der Waals surface area contributed by atoms with Crippen molar-refractivity contribution in [1.82, 2.24) is 19.9 Å². The molecule has 5 nitrogen and oxygen atoms in total. The average molecular weight is 305 g/mol. The molecule has 3 aromatic heterocycles. The first-order chi connectivity index (χ1) is 11.4. The molecule has 2 saturated carbocycles. The number of H-pyrrole nitrogens is 1. The number of nitrogens with zero attached hydrogens (tertiary/aromatic N) is 3. The number of aromatic nitrogens is 4. The van der Waals surface area contributed by atoms with Gasteiger partial charge in [-0.25, -0.2) is 15.0 Å². The zero-order chi connectivity index (χ0) is 15.2. The Morgan fingerprint density at radius 1 is 1.09 bits per heavy atom. The molecule has 2 unspecified atom stereocenters. The van der Waals surface area contributed by atoms with E-state index in [2.05, 4.69) is 26.3 Å². The second-order valence-electron chi connectivity index (χ2n) is 6.79. The van der Waals surface area contributed by atoms with Crippen molar-refractivity contribution in [2.24, 2.45) is 11.8 Å². The topological polar surface area (TPSA) is 66.5 Å². The normalized spacial score (nSPS) is 26.0. The van der Waals surface area contributed by atoms with Gasteiger partial charge < -0.3 is 10.3 Å². The van der Waals surface area contributed by atoms with E-state index in [0.717, 1.165) is 40.1 Å². The Morgan fingerprint density at radius 3 is 2.96 bits per heavy atom. The van der Waals surface area contributed by atoms with Crippen LogP contribution in [0.3, 0.4) is 0 Å². The highest BCUT2D eigenvalue weighted by atomic mass is 15.1. The molecule has 0 amide bonds. The molecule has 0 spiro atoms. The number of hydrogen-bond acceptors (Lipinski definition) is 4. The van der Waals surface area contributed by atoms with Gasteiger partial charge in [0.2, 0.25) is 5.95 Å². The van der Waals surface area contributed by atoms with E-state index in [1.807, 2.05) is 24.5 Å². The summed E-state index contributed by atoms with van der Waals surface area (Å²) >= 11 is 0. The molecule has 3 atom stereocenters. The smallest absolute Gasteiger partial charge is 0.223 e. The molecule has 5 heteroatoms. The fraction of sp³-hybridized carbons (Fsp3) is 0.389. The van der Waals surface area contributed by atoms with Gasteiger partial charge in [-0.1, -0.05) is 6.42 Å². The van der Waals surface area contributed by atoms with Crippen LogP contribution in [0.25, 0.3) is 22.3 Å². The zero-order valence-electron chi connectivity index (χ0n) is 12.9. The van der Waals surface area contributed by atoms with E-state index in [-0.39, 0.29) is 0 Å². The lowest BCUT2D eigenvalue weighted by atomic mass is 9.95. The van der Waals surface area contributed by atoms with Gasteiger partial charge in [0, 0.05) is 35.6 Å². The van der Waals surface area contributed by atoms with Crippen LogP contribution in [0.1, 0.15) is 25.7 Å². The molecule has 2 aliphatic carbocycles. The number of anilines is 1. The lowest BCUT2D eigenvalue weighted by Crippen LogP contribution is -2.26. The fourth-order valence-corrected chi connectivity index (χ4v) is 4.33. The van der Waals surface area contributed by atoms with E-state index in [4.69, 9.17) is 4.98 Å². The molecule has 5 rings (SSSR count). The van der Waals surface area contributed by atoms with Crippen LogP contribution in [0.15, 0.2) is 36.8 Å². The maximum atomic E-state index is 4.74. The summed E-state index contributed by atoms with van der Waals surface area (Å²) in [4.78, 5) is 16.7. The van der Waals surface area contributed by atoms with Crippen LogP contribution in [-0.2, 0) is 0 Å². The Bertz CT molecular complexity index is 855. The molecule has 0 radical (unpaired) electrons. The summed E-state index contributed by atoms with van der Waals surface area (Å²) in [6.45, 7) is 0. The fourth-order valence-electron chi connectivity index (χ4n) is 4.33. The summed E-state index contributed by atoms with van der Waals surface area (Å²) in [5, 5.41) is 4.67. The van der Waals surface area contributed by atoms with Gasteiger partial charge in [-0.2, -0.15) is 0 Å². The molecule has 0 aromatic carbocycles. The molecule has 0 aliphatic heterocycles. The first kappa shape index (κ1) is 13.0. The van der Waals surface area contributed by atoms with Crippen LogP contribution in [0, 0.1) is 11.8 Å². The third-order valence-corrected chi connectivity index (χ3v) is 5.44. The van der Waals surface area contributed by atoms with Gasteiger partial charge in [0.05, 0.1) is 5.69 Å². The van der Waals surface area contributed by atoms with E-state index < -0.39 is 0 Å². The number of hydrogen-bond donors (Lipinski definition) is 2. The van der Waals surface area contributed by atoms with Gasteiger partial charge in [-0.05, 0) is 49.3 Å². The highest BCUT2D eigenvalue weighted by Gasteiger charge is 2.39. The van der Waals surface area contributed by atoms with E-state index in [1.165, 1.54) is 25.7 Å². The summed E-state index contributed by atoms with van der Waals surface area (Å²) in [5.74, 6) is 2.48. The molecular weight excluding hydrogens is 286 g/mol. The maximum Gasteiger partial charge on any atom is 0.223 e. The van der Waals surface area contributed by atoms with Crippen LogP contribution < -0.4 is 5.32 Å². The van der Waals surface area contributed by atoms with Crippen LogP contribution in [0.5, 0.6) is 0 Å². The van der Waals surface area contributed by atoms with Gasteiger partial charge in [0.1, 0.15) is 5.65 Å². The van der Waals surface area contributed by atoms with E-state index >= 15 is 0 Å². The minimum Gasteiger partial charge on any atom is -0.351 e. The van der Waals surface area contributed by atoms with Crippen molar-refractivity contribution in [2.45, 2.75) is 31.7 Å². The van der Waals surface area contributed by atoms with Crippen LogP contribution in [0.4, 0.5) is 5.95 Å². The quantitative estimate of drug-likeness (QED) is 0.775. The Balaban J connectivity index is 1.46. The van der Waals surface area contributed by atoms with Gasteiger partial charge in [-0.15, -0.1) is 0 Å². The van der Waals surface area contributed by atoms with Crippen molar-refractivity contribution >= 4 is 17.0 Å². The molecule has 2 aliphatic rings. The number of fused-ring (bicyclic) bond motifs is 3. The first-order valence-electron chi connectivity index (χ1n) is 8.39. The van der Waals surface area contributed by atoms with Crippen molar-refractivity contribution in [2.75, 3.05) is 5.32 Å². The molecule has 0 saturated heterocycles. The summed E-state index contributed by atoms with van der Waals surface area (Å²) in [6.07, 6.45) is 11.0. The Morgan fingerprint density at radius 2 is 2.09 bits per heavy atom. The van der Waals surface area contributed by atoms with Crippen LogP contribution in [0.2, 0.25) is 0 Å². The van der Waals surface area contributed by atoms with Crippen molar-refractivity contribution in [3.05, 3.63) is 36.8 Å². The predicted octanol–water partition coefficient (Wildman–Crippen LogP) is 3.62. The minimum absolute atomic E-state index is 0.550. The number of pyridine rings is 1. The lowest BCUT2D eigenvalue weighted by molar-refractivity contribution is 0.438. The minimum atomic E-state index is 0.550. The zero-order valence-corrected chi connectivity index (χ0v) is 12.9. The number of nitrogens with one attached hydrogen (secondary N) is 2. The molecule has 2 bridgehead atoms. The van der Waals surface area contributed by atoms with Gasteiger partial charge in [0.25, 0.3) is 0 Å². The summed E-state index contributed by atoms with van der Waals surface area (Å²) in [6, 6.07) is 6.53. The second-order valence-corrected chi connectivity index (χ2v) is 6.79. The highest BCUT2D eigenvalue weighted by Crippen LogP contribution is 2.45. The van der Waals surface area contributed by atoms with Crippen LogP contribution >= 0.6 is 0 Å². The molecule has 2 fully saturated rings. The SMILES string of the molecule is c1cnc2[nH]cc(-c3ccnc(N[C@@H]4CC5CCC4C5)n3)c2c1. The lowest BCUT2D eigenvalue weighted by Gasteiger charge is -2.22. The molecule has 3 heterocycles. The van der Waals surface area contributed by atoms with Gasteiger partial charge >= 0.3 is 0 Å². The molecule has 3 aromatic rings. The van der Waals surface area contributed by atoms with Crippen LogP contribution in [-0.4, -0.2) is 26.0 Å². The number of rotatable bonds is 3. The standard InChI is InChI=1S/C18H19N5/c1-2-13-14(10-21-17(13)19-6-1)15-5-7-20-18(22-15)23-16-9-11-3-4-12(16)8-11/h1-2,5-7,10-12,16H,3-4,8-9H2,(H,19,21)(H,20,22,23)/t11?,12?,16-/m1/s1. The Labute approximate surface area is 134 Å². The summed E-state index contributed by atoms with van der Waals surface area (Å²) in [7, 11) is 0. The largest absolute Gasteiger partial charge is 0.351 e. The first-order valence-corrected chi connectivity index (χ1v) is 8.39. The highest BCUT2D eigenvalue weighted by molar-refractivity contribution is 5.92. The van der Waals surface area contributed by atoms with Gasteiger partial charge in [0.15, 0.2) is 0 Å².